The van der Waals surface area contributed by atoms with Crippen molar-refractivity contribution < 1.29 is 13.5 Å². The van der Waals surface area contributed by atoms with Crippen molar-refractivity contribution in [3.8, 4) is 0 Å². The molecule has 0 bridgehead atoms. The quantitative estimate of drug-likeness (QED) is 0.895. The third kappa shape index (κ3) is 3.43. The van der Waals surface area contributed by atoms with E-state index >= 15 is 0 Å². The molecule has 1 aliphatic rings. The maximum Gasteiger partial charge on any atom is 0.162 e. The van der Waals surface area contributed by atoms with E-state index in [9.17, 15) is 8.78 Å². The summed E-state index contributed by atoms with van der Waals surface area (Å²) >= 11 is 0. The van der Waals surface area contributed by atoms with E-state index in [1.807, 2.05) is 7.05 Å². The van der Waals surface area contributed by atoms with Gasteiger partial charge in [0.15, 0.2) is 11.6 Å². The van der Waals surface area contributed by atoms with E-state index in [4.69, 9.17) is 4.74 Å². The number of likely N-dealkylation sites (N-methyl/N-ethyl adjacent to an activating group) is 1. The maximum atomic E-state index is 13.9. The predicted molar refractivity (Wildman–Crippen MR) is 80.3 cm³/mol. The van der Waals surface area contributed by atoms with E-state index in [0.717, 1.165) is 31.7 Å². The van der Waals surface area contributed by atoms with Gasteiger partial charge in [-0.1, -0.05) is 19.1 Å². The minimum Gasteiger partial charge on any atom is -0.377 e. The van der Waals surface area contributed by atoms with Crippen LogP contribution >= 0.6 is 0 Å². The summed E-state index contributed by atoms with van der Waals surface area (Å²) in [6.45, 7) is 2.25. The zero-order valence-electron chi connectivity index (χ0n) is 13.1. The van der Waals surface area contributed by atoms with Gasteiger partial charge in [-0.05, 0) is 56.7 Å². The molecule has 0 spiro atoms. The largest absolute Gasteiger partial charge is 0.377 e. The molecule has 0 aliphatic heterocycles. The van der Waals surface area contributed by atoms with Gasteiger partial charge in [0, 0.05) is 13.2 Å². The normalized spacial score (nSPS) is 27.6. The van der Waals surface area contributed by atoms with Crippen LogP contribution in [0.15, 0.2) is 18.2 Å². The first kappa shape index (κ1) is 16.4. The lowest BCUT2D eigenvalue weighted by molar-refractivity contribution is -0.0732. The SMILES string of the molecule is CNC(Cc1cccc(F)c1F)C1(OC)CCC(C)CC1. The van der Waals surface area contributed by atoms with Gasteiger partial charge in [-0.2, -0.15) is 0 Å². The van der Waals surface area contributed by atoms with Crippen LogP contribution in [0.3, 0.4) is 0 Å². The Bertz CT molecular complexity index is 470. The number of methoxy groups -OCH3 is 1. The maximum absolute atomic E-state index is 13.9. The molecule has 0 aromatic heterocycles. The Morgan fingerprint density at radius 2 is 2.00 bits per heavy atom. The smallest absolute Gasteiger partial charge is 0.162 e. The van der Waals surface area contributed by atoms with Gasteiger partial charge >= 0.3 is 0 Å². The summed E-state index contributed by atoms with van der Waals surface area (Å²) in [6, 6.07) is 4.34. The van der Waals surface area contributed by atoms with Crippen LogP contribution in [-0.4, -0.2) is 25.8 Å². The fourth-order valence-electron chi connectivity index (χ4n) is 3.42. The fourth-order valence-corrected chi connectivity index (χ4v) is 3.42. The van der Waals surface area contributed by atoms with Crippen LogP contribution in [0.1, 0.15) is 38.2 Å². The molecular formula is C17H25F2NO. The first-order chi connectivity index (χ1) is 10.0. The molecule has 21 heavy (non-hydrogen) atoms. The van der Waals surface area contributed by atoms with Gasteiger partial charge in [-0.25, -0.2) is 8.78 Å². The molecule has 0 saturated heterocycles. The van der Waals surface area contributed by atoms with Gasteiger partial charge < -0.3 is 10.1 Å². The second-order valence-corrected chi connectivity index (χ2v) is 6.21. The third-order valence-corrected chi connectivity index (χ3v) is 4.97. The van der Waals surface area contributed by atoms with Crippen molar-refractivity contribution in [2.75, 3.05) is 14.2 Å². The van der Waals surface area contributed by atoms with Gasteiger partial charge in [-0.3, -0.25) is 0 Å². The number of hydrogen-bond donors (Lipinski definition) is 1. The average Bonchev–Trinajstić information content (AvgIpc) is 2.50. The van der Waals surface area contributed by atoms with E-state index in [1.165, 1.54) is 0 Å². The molecule has 1 saturated carbocycles. The summed E-state index contributed by atoms with van der Waals surface area (Å²) in [5.74, 6) is -0.823. The zero-order valence-corrected chi connectivity index (χ0v) is 13.1. The second kappa shape index (κ2) is 6.84. The van der Waals surface area contributed by atoms with Crippen LogP contribution in [0.5, 0.6) is 0 Å². The summed E-state index contributed by atoms with van der Waals surface area (Å²) < 4.78 is 33.1. The Labute approximate surface area is 125 Å². The van der Waals surface area contributed by atoms with Crippen molar-refractivity contribution in [1.82, 2.24) is 5.32 Å². The Hall–Kier alpha value is -1.00. The van der Waals surface area contributed by atoms with Crippen molar-refractivity contribution in [1.29, 1.82) is 0 Å². The van der Waals surface area contributed by atoms with Gasteiger partial charge in [0.05, 0.1) is 5.60 Å². The highest BCUT2D eigenvalue weighted by Gasteiger charge is 2.41. The van der Waals surface area contributed by atoms with E-state index < -0.39 is 11.6 Å². The lowest BCUT2D eigenvalue weighted by atomic mass is 9.74. The van der Waals surface area contributed by atoms with E-state index in [2.05, 4.69) is 12.2 Å². The van der Waals surface area contributed by atoms with E-state index in [1.54, 1.807) is 19.2 Å². The molecule has 2 rings (SSSR count). The van der Waals surface area contributed by atoms with Crippen molar-refractivity contribution in [2.24, 2.45) is 5.92 Å². The van der Waals surface area contributed by atoms with E-state index in [-0.39, 0.29) is 11.6 Å². The molecule has 1 aromatic rings. The van der Waals surface area contributed by atoms with Crippen LogP contribution in [0, 0.1) is 17.6 Å². The molecule has 0 amide bonds. The number of nitrogens with one attached hydrogen (secondary N) is 1. The molecule has 0 radical (unpaired) electrons. The predicted octanol–water partition coefficient (Wildman–Crippen LogP) is 3.69. The number of rotatable bonds is 5. The topological polar surface area (TPSA) is 21.3 Å². The van der Waals surface area contributed by atoms with Crippen molar-refractivity contribution in [3.63, 3.8) is 0 Å². The summed E-state index contributed by atoms with van der Waals surface area (Å²) in [4.78, 5) is 0. The highest BCUT2D eigenvalue weighted by atomic mass is 19.2. The minimum atomic E-state index is -0.786. The molecule has 0 heterocycles. The minimum absolute atomic E-state index is 0.0219. The summed E-state index contributed by atoms with van der Waals surface area (Å²) in [5.41, 5.74) is 0.115. The van der Waals surface area contributed by atoms with Gasteiger partial charge in [0.1, 0.15) is 0 Å². The summed E-state index contributed by atoms with van der Waals surface area (Å²) in [7, 11) is 3.59. The number of halogens is 2. The second-order valence-electron chi connectivity index (χ2n) is 6.21. The van der Waals surface area contributed by atoms with E-state index in [0.29, 0.717) is 17.9 Å². The van der Waals surface area contributed by atoms with Crippen molar-refractivity contribution in [3.05, 3.63) is 35.4 Å². The van der Waals surface area contributed by atoms with Crippen LogP contribution < -0.4 is 5.32 Å². The molecule has 2 nitrogen and oxygen atoms in total. The molecule has 1 aromatic carbocycles. The lowest BCUT2D eigenvalue weighted by Crippen LogP contribution is -2.54. The Morgan fingerprint density at radius 3 is 2.57 bits per heavy atom. The lowest BCUT2D eigenvalue weighted by Gasteiger charge is -2.44. The Morgan fingerprint density at radius 1 is 1.33 bits per heavy atom. The van der Waals surface area contributed by atoms with Gasteiger partial charge in [0.25, 0.3) is 0 Å². The van der Waals surface area contributed by atoms with Gasteiger partial charge in [-0.15, -0.1) is 0 Å². The standard InChI is InChI=1S/C17H25F2NO/c1-12-7-9-17(21-3,10-8-12)15(20-2)11-13-5-4-6-14(18)16(13)19/h4-6,12,15,20H,7-11H2,1-3H3. The van der Waals surface area contributed by atoms with Crippen LogP contribution in [0.4, 0.5) is 8.78 Å². The molecule has 1 unspecified atom stereocenters. The molecular weight excluding hydrogens is 272 g/mol. The Kier molecular flexibility index (Phi) is 5.33. The summed E-state index contributed by atoms with van der Waals surface area (Å²) in [6.07, 6.45) is 4.55. The molecule has 1 fully saturated rings. The van der Waals surface area contributed by atoms with Crippen molar-refractivity contribution >= 4 is 0 Å². The fraction of sp³-hybridized carbons (Fsp3) is 0.647. The molecule has 1 N–H and O–H groups in total. The van der Waals surface area contributed by atoms with Gasteiger partial charge in [0.2, 0.25) is 0 Å². The average molecular weight is 297 g/mol. The van der Waals surface area contributed by atoms with Crippen LogP contribution in [0.2, 0.25) is 0 Å². The highest BCUT2D eigenvalue weighted by Crippen LogP contribution is 2.38. The highest BCUT2D eigenvalue weighted by molar-refractivity contribution is 5.21. The number of hydrogen-bond acceptors (Lipinski definition) is 2. The van der Waals surface area contributed by atoms with Crippen molar-refractivity contribution in [2.45, 2.75) is 50.7 Å². The molecule has 1 atom stereocenters. The number of ether oxygens (including phenoxy) is 1. The zero-order chi connectivity index (χ0) is 15.5. The first-order valence-electron chi connectivity index (χ1n) is 7.67. The number of benzene rings is 1. The monoisotopic (exact) mass is 297 g/mol. The molecule has 118 valence electrons. The first-order valence-corrected chi connectivity index (χ1v) is 7.67. The van der Waals surface area contributed by atoms with Crippen LogP contribution in [-0.2, 0) is 11.2 Å². The summed E-state index contributed by atoms with van der Waals surface area (Å²) in [5, 5.41) is 3.26. The Balaban J connectivity index is 2.20. The molecule has 4 heteroatoms. The van der Waals surface area contributed by atoms with Crippen LogP contribution in [0.25, 0.3) is 0 Å². The third-order valence-electron chi connectivity index (χ3n) is 4.97. The molecule has 1 aliphatic carbocycles.